The normalized spacial score (nSPS) is 28.9. The Kier molecular flexibility index (Phi) is 7.15. The van der Waals surface area contributed by atoms with Crippen LogP contribution >= 0.6 is 0 Å². The minimum atomic E-state index is -4.64. The topological polar surface area (TPSA) is 160 Å². The number of phenols is 1. The van der Waals surface area contributed by atoms with Crippen molar-refractivity contribution in [1.82, 2.24) is 4.90 Å². The van der Waals surface area contributed by atoms with Gasteiger partial charge in [-0.05, 0) is 44.1 Å². The average Bonchev–Trinajstić information content (AvgIpc) is 3.20. The lowest BCUT2D eigenvalue weighted by Crippen LogP contribution is -2.74. The molecule has 5 atom stereocenters. The van der Waals surface area contributed by atoms with Crippen LogP contribution in [-0.4, -0.2) is 88.0 Å². The average molecular weight is 557 g/mol. The summed E-state index contributed by atoms with van der Waals surface area (Å²) >= 11 is 0. The van der Waals surface area contributed by atoms with Crippen molar-refractivity contribution in [3.05, 3.63) is 35.1 Å². The molecule has 1 aromatic rings. The molecule has 0 saturated carbocycles. The Morgan fingerprint density at radius 3 is 2.56 bits per heavy atom. The number of carbonyl (C=O) groups excluding carboxylic acids is 3. The van der Waals surface area contributed by atoms with Crippen LogP contribution in [0.4, 0.5) is 13.2 Å². The number of carboxylic acid groups (broad SMARTS) is 1. The summed E-state index contributed by atoms with van der Waals surface area (Å²) in [4.78, 5) is 45.9. The number of esters is 2. The minimum Gasteiger partial charge on any atom is -0.504 e. The second kappa shape index (κ2) is 9.83. The highest BCUT2D eigenvalue weighted by atomic mass is 19.4. The highest BCUT2D eigenvalue weighted by Crippen LogP contribution is 2.65. The van der Waals surface area contributed by atoms with Crippen LogP contribution in [0.15, 0.2) is 24.0 Å². The number of aliphatic carboxylic acids is 1. The number of benzene rings is 1. The lowest BCUT2D eigenvalue weighted by molar-refractivity contribution is -0.173. The van der Waals surface area contributed by atoms with Crippen molar-refractivity contribution in [3.63, 3.8) is 0 Å². The predicted molar refractivity (Wildman–Crippen MR) is 123 cm³/mol. The van der Waals surface area contributed by atoms with Crippen LogP contribution in [0.1, 0.15) is 37.3 Å². The maximum Gasteiger partial charge on any atom is 0.446 e. The smallest absolute Gasteiger partial charge is 0.446 e. The molecule has 4 aliphatic rings. The highest BCUT2D eigenvalue weighted by Gasteiger charge is 2.72. The molecule has 39 heavy (non-hydrogen) atoms. The van der Waals surface area contributed by atoms with E-state index in [1.54, 1.807) is 12.1 Å². The fraction of sp³-hybridized carbons (Fsp3) is 0.520. The first kappa shape index (κ1) is 28.4. The molecular formula is C25H26F3NO10. The van der Waals surface area contributed by atoms with Gasteiger partial charge in [-0.25, -0.2) is 4.79 Å². The van der Waals surface area contributed by atoms with Crippen LogP contribution in [0.3, 0.4) is 0 Å². The molecule has 1 saturated heterocycles. The first-order chi connectivity index (χ1) is 18.1. The summed E-state index contributed by atoms with van der Waals surface area (Å²) in [5.41, 5.74) is -0.393. The van der Waals surface area contributed by atoms with Crippen LogP contribution in [0.2, 0.25) is 0 Å². The fourth-order valence-corrected chi connectivity index (χ4v) is 6.14. The SMILES string of the molecule is CC(=O)O[C@@H](CC(=O)OC1=CC[C@@]2(O)[C@H]3Cc4ccc(O)c5c4[C@@]2(CCN3C)[C@H]1O5)C(=O)O.O=CC(F)(F)F. The summed E-state index contributed by atoms with van der Waals surface area (Å²) in [7, 11) is 1.97. The Bertz CT molecular complexity index is 1250. The second-order valence-electron chi connectivity index (χ2n) is 9.88. The quantitative estimate of drug-likeness (QED) is 0.354. The van der Waals surface area contributed by atoms with Gasteiger partial charge >= 0.3 is 24.1 Å². The molecule has 0 radical (unpaired) electrons. The molecule has 5 rings (SSSR count). The molecule has 2 aliphatic carbocycles. The van der Waals surface area contributed by atoms with Crippen molar-refractivity contribution in [2.45, 2.75) is 68.0 Å². The molecule has 14 heteroatoms. The van der Waals surface area contributed by atoms with E-state index in [9.17, 15) is 42.9 Å². The molecule has 2 bridgehead atoms. The third kappa shape index (κ3) is 4.71. The van der Waals surface area contributed by atoms with E-state index in [-0.39, 0.29) is 29.7 Å². The number of ether oxygens (including phenoxy) is 3. The van der Waals surface area contributed by atoms with Gasteiger partial charge in [-0.3, -0.25) is 14.4 Å². The molecular weight excluding hydrogens is 531 g/mol. The number of likely N-dealkylation sites (N-methyl/N-ethyl adjacent to an activating group) is 1. The Morgan fingerprint density at radius 1 is 1.31 bits per heavy atom. The summed E-state index contributed by atoms with van der Waals surface area (Å²) in [5, 5.41) is 31.8. The number of hydrogen-bond donors (Lipinski definition) is 3. The molecule has 0 unspecified atom stereocenters. The first-order valence-corrected chi connectivity index (χ1v) is 11.9. The Labute approximate surface area is 219 Å². The third-order valence-electron chi connectivity index (χ3n) is 7.65. The third-order valence-corrected chi connectivity index (χ3v) is 7.65. The molecule has 0 amide bonds. The number of alkyl halides is 3. The van der Waals surface area contributed by atoms with Crippen molar-refractivity contribution < 1.29 is 61.9 Å². The molecule has 11 nitrogen and oxygen atoms in total. The zero-order valence-electron chi connectivity index (χ0n) is 20.9. The van der Waals surface area contributed by atoms with Crippen LogP contribution in [0, 0.1) is 0 Å². The summed E-state index contributed by atoms with van der Waals surface area (Å²) in [6.45, 7) is 1.73. The van der Waals surface area contributed by atoms with Gasteiger partial charge < -0.3 is 34.4 Å². The zero-order chi connectivity index (χ0) is 28.9. The van der Waals surface area contributed by atoms with E-state index in [1.807, 2.05) is 13.1 Å². The van der Waals surface area contributed by atoms with Crippen molar-refractivity contribution in [2.24, 2.45) is 0 Å². The van der Waals surface area contributed by atoms with Gasteiger partial charge in [0.1, 0.15) is 5.76 Å². The van der Waals surface area contributed by atoms with Crippen LogP contribution in [0.25, 0.3) is 0 Å². The number of rotatable bonds is 5. The van der Waals surface area contributed by atoms with Crippen LogP contribution < -0.4 is 4.74 Å². The summed E-state index contributed by atoms with van der Waals surface area (Å²) in [6, 6.07) is 3.22. The first-order valence-electron chi connectivity index (χ1n) is 11.9. The largest absolute Gasteiger partial charge is 0.504 e. The monoisotopic (exact) mass is 557 g/mol. The Morgan fingerprint density at radius 2 is 1.97 bits per heavy atom. The Balaban J connectivity index is 0.000000531. The number of likely N-dealkylation sites (tertiary alicyclic amines) is 1. The number of halogens is 3. The second-order valence-corrected chi connectivity index (χ2v) is 9.88. The van der Waals surface area contributed by atoms with E-state index in [2.05, 4.69) is 9.64 Å². The van der Waals surface area contributed by atoms with Gasteiger partial charge in [0, 0.05) is 24.9 Å². The van der Waals surface area contributed by atoms with Crippen molar-refractivity contribution in [3.8, 4) is 11.5 Å². The molecule has 1 aromatic carbocycles. The summed E-state index contributed by atoms with van der Waals surface area (Å²) in [5.74, 6) is -2.80. The summed E-state index contributed by atoms with van der Waals surface area (Å²) in [6.07, 6.45) is -6.00. The van der Waals surface area contributed by atoms with Crippen LogP contribution in [-0.2, 0) is 40.5 Å². The number of piperidine rings is 1. The lowest BCUT2D eigenvalue weighted by Gasteiger charge is -2.61. The van der Waals surface area contributed by atoms with E-state index in [1.165, 1.54) is 0 Å². The van der Waals surface area contributed by atoms with E-state index in [0.29, 0.717) is 19.4 Å². The van der Waals surface area contributed by atoms with Gasteiger partial charge in [0.25, 0.3) is 0 Å². The number of aliphatic hydroxyl groups is 1. The molecule has 1 spiro atoms. The van der Waals surface area contributed by atoms with Gasteiger partial charge in [-0.1, -0.05) is 6.07 Å². The number of carboxylic acids is 1. The van der Waals surface area contributed by atoms with Gasteiger partial charge in [0.2, 0.25) is 12.4 Å². The standard InChI is InChI=1S/C23H25NO9.C2HF3O/c1-11(25)31-15(21(28)29)10-17(27)32-14-5-6-23(30)16-9-12-3-4-13(26)19-18(12)22(23,20(14)33-19)7-8-24(16)2;3-2(4,5)1-6/h3-5,15-16,20,26,30H,6-10H2,1-2H3,(H,28,29);1H/t15-,16+,20-,22-,23+;/m0./s1. The molecule has 1 fully saturated rings. The summed E-state index contributed by atoms with van der Waals surface area (Å²) < 4.78 is 47.6. The number of phenolic OH excluding ortho intramolecular Hbond substituents is 1. The van der Waals surface area contributed by atoms with Crippen molar-refractivity contribution >= 4 is 24.2 Å². The van der Waals surface area contributed by atoms with E-state index in [4.69, 9.17) is 14.3 Å². The number of aromatic hydroxyl groups is 1. The molecule has 2 heterocycles. The molecule has 212 valence electrons. The number of aldehydes is 1. The lowest BCUT2D eigenvalue weighted by atomic mass is 9.50. The Hall–Kier alpha value is -3.65. The maximum atomic E-state index is 12.6. The van der Waals surface area contributed by atoms with Gasteiger partial charge in [-0.15, -0.1) is 0 Å². The van der Waals surface area contributed by atoms with Gasteiger partial charge in [0.15, 0.2) is 17.6 Å². The van der Waals surface area contributed by atoms with E-state index < -0.39 is 60.0 Å². The van der Waals surface area contributed by atoms with Gasteiger partial charge in [-0.2, -0.15) is 13.2 Å². The number of nitrogens with zero attached hydrogens (tertiary/aromatic N) is 1. The van der Waals surface area contributed by atoms with Crippen molar-refractivity contribution in [1.29, 1.82) is 0 Å². The molecule has 3 N–H and O–H groups in total. The maximum absolute atomic E-state index is 12.6. The number of carbonyl (C=O) groups is 4. The predicted octanol–water partition coefficient (Wildman–Crippen LogP) is 1.37. The van der Waals surface area contributed by atoms with E-state index >= 15 is 0 Å². The van der Waals surface area contributed by atoms with Crippen LogP contribution in [0.5, 0.6) is 11.5 Å². The minimum absolute atomic E-state index is 0.0521. The molecule has 2 aliphatic heterocycles. The highest BCUT2D eigenvalue weighted by molar-refractivity contribution is 5.83. The zero-order valence-corrected chi connectivity index (χ0v) is 20.9. The fourth-order valence-electron chi connectivity index (χ4n) is 6.14. The number of hydrogen-bond acceptors (Lipinski definition) is 10. The van der Waals surface area contributed by atoms with Gasteiger partial charge in [0.05, 0.1) is 17.4 Å². The molecule has 0 aromatic heterocycles. The van der Waals surface area contributed by atoms with Crippen molar-refractivity contribution in [2.75, 3.05) is 13.6 Å². The van der Waals surface area contributed by atoms with E-state index in [0.717, 1.165) is 18.1 Å².